The van der Waals surface area contributed by atoms with Gasteiger partial charge < -0.3 is 9.64 Å². The van der Waals surface area contributed by atoms with Gasteiger partial charge in [0.25, 0.3) is 0 Å². The quantitative estimate of drug-likeness (QED) is 0.839. The number of rotatable bonds is 5. The summed E-state index contributed by atoms with van der Waals surface area (Å²) in [7, 11) is 0. The Balaban J connectivity index is 1.40. The van der Waals surface area contributed by atoms with Gasteiger partial charge in [-0.1, -0.05) is 29.8 Å². The summed E-state index contributed by atoms with van der Waals surface area (Å²) in [6.07, 6.45) is 0. The normalized spacial score (nSPS) is 15.8. The third-order valence-electron chi connectivity index (χ3n) is 3.98. The molecule has 0 atom stereocenters. The zero-order valence-electron chi connectivity index (χ0n) is 12.6. The van der Waals surface area contributed by atoms with Crippen LogP contribution in [0.1, 0.15) is 0 Å². The molecule has 3 nitrogen and oxygen atoms in total. The molecule has 0 saturated carbocycles. The zero-order valence-corrected chi connectivity index (χ0v) is 13.4. The maximum atomic E-state index is 5.86. The van der Waals surface area contributed by atoms with Gasteiger partial charge in [-0.2, -0.15) is 0 Å². The lowest BCUT2D eigenvalue weighted by Crippen LogP contribution is -2.47. The van der Waals surface area contributed by atoms with Gasteiger partial charge in [-0.05, 0) is 36.4 Å². The van der Waals surface area contributed by atoms with E-state index in [2.05, 4.69) is 40.1 Å². The van der Waals surface area contributed by atoms with Crippen molar-refractivity contribution in [3.8, 4) is 5.75 Å². The molecule has 2 aromatic rings. The van der Waals surface area contributed by atoms with Crippen LogP contribution < -0.4 is 9.64 Å². The summed E-state index contributed by atoms with van der Waals surface area (Å²) in [4.78, 5) is 4.89. The first-order valence-electron chi connectivity index (χ1n) is 7.72. The van der Waals surface area contributed by atoms with Gasteiger partial charge in [0.1, 0.15) is 12.4 Å². The number of nitrogens with zero attached hydrogens (tertiary/aromatic N) is 2. The van der Waals surface area contributed by atoms with Crippen molar-refractivity contribution in [3.05, 3.63) is 59.6 Å². The monoisotopic (exact) mass is 316 g/mol. The number of piperazine rings is 1. The van der Waals surface area contributed by atoms with Crippen molar-refractivity contribution in [2.75, 3.05) is 44.2 Å². The molecule has 1 saturated heterocycles. The van der Waals surface area contributed by atoms with E-state index >= 15 is 0 Å². The Morgan fingerprint density at radius 3 is 2.23 bits per heavy atom. The molecular weight excluding hydrogens is 296 g/mol. The van der Waals surface area contributed by atoms with E-state index in [1.54, 1.807) is 0 Å². The second kappa shape index (κ2) is 7.52. The van der Waals surface area contributed by atoms with Crippen LogP contribution in [-0.4, -0.2) is 44.2 Å². The summed E-state index contributed by atoms with van der Waals surface area (Å²) in [6.45, 7) is 5.99. The van der Waals surface area contributed by atoms with Crippen LogP contribution in [-0.2, 0) is 0 Å². The van der Waals surface area contributed by atoms with Crippen LogP contribution >= 0.6 is 11.6 Å². The van der Waals surface area contributed by atoms with Gasteiger partial charge in [0.2, 0.25) is 0 Å². The van der Waals surface area contributed by atoms with E-state index in [1.807, 2.05) is 24.3 Å². The molecule has 1 heterocycles. The van der Waals surface area contributed by atoms with Crippen molar-refractivity contribution in [1.82, 2.24) is 4.90 Å². The minimum atomic E-state index is 0.715. The van der Waals surface area contributed by atoms with Crippen molar-refractivity contribution in [2.45, 2.75) is 0 Å². The first-order chi connectivity index (χ1) is 10.8. The topological polar surface area (TPSA) is 15.7 Å². The van der Waals surface area contributed by atoms with Gasteiger partial charge in [0.05, 0.1) is 0 Å². The number of benzene rings is 2. The zero-order chi connectivity index (χ0) is 15.2. The number of anilines is 1. The van der Waals surface area contributed by atoms with Gasteiger partial charge in [0, 0.05) is 43.4 Å². The van der Waals surface area contributed by atoms with Crippen molar-refractivity contribution >= 4 is 17.3 Å². The predicted octanol–water partition coefficient (Wildman–Crippen LogP) is 3.54. The Kier molecular flexibility index (Phi) is 5.20. The van der Waals surface area contributed by atoms with Crippen molar-refractivity contribution in [3.63, 3.8) is 0 Å². The minimum absolute atomic E-state index is 0.715. The lowest BCUT2D eigenvalue weighted by atomic mass is 10.2. The molecule has 0 radical (unpaired) electrons. The Labute approximate surface area is 137 Å². The maximum absolute atomic E-state index is 5.86. The van der Waals surface area contributed by atoms with Gasteiger partial charge in [-0.3, -0.25) is 4.90 Å². The van der Waals surface area contributed by atoms with Crippen LogP contribution in [0.25, 0.3) is 0 Å². The summed E-state index contributed by atoms with van der Waals surface area (Å²) < 4.78 is 5.76. The molecular formula is C18H21ClN2O. The minimum Gasteiger partial charge on any atom is -0.492 e. The van der Waals surface area contributed by atoms with Crippen LogP contribution in [0.2, 0.25) is 5.02 Å². The molecule has 1 fully saturated rings. The summed E-state index contributed by atoms with van der Waals surface area (Å²) in [5, 5.41) is 0.740. The van der Waals surface area contributed by atoms with Crippen LogP contribution in [0.15, 0.2) is 54.6 Å². The van der Waals surface area contributed by atoms with E-state index in [0.717, 1.165) is 43.5 Å². The fourth-order valence-electron chi connectivity index (χ4n) is 2.69. The molecule has 0 aromatic heterocycles. The van der Waals surface area contributed by atoms with E-state index in [4.69, 9.17) is 16.3 Å². The molecule has 0 unspecified atom stereocenters. The van der Waals surface area contributed by atoms with Crippen molar-refractivity contribution in [2.24, 2.45) is 0 Å². The number of halogens is 1. The van der Waals surface area contributed by atoms with E-state index in [9.17, 15) is 0 Å². The van der Waals surface area contributed by atoms with Crippen molar-refractivity contribution in [1.29, 1.82) is 0 Å². The Morgan fingerprint density at radius 1 is 0.864 bits per heavy atom. The molecule has 0 spiro atoms. The molecule has 116 valence electrons. The van der Waals surface area contributed by atoms with E-state index in [1.165, 1.54) is 5.69 Å². The first kappa shape index (κ1) is 15.2. The average molecular weight is 317 g/mol. The van der Waals surface area contributed by atoms with Gasteiger partial charge in [0.15, 0.2) is 0 Å². The average Bonchev–Trinajstić information content (AvgIpc) is 2.58. The maximum Gasteiger partial charge on any atom is 0.119 e. The third-order valence-corrected chi connectivity index (χ3v) is 4.24. The summed E-state index contributed by atoms with van der Waals surface area (Å²) in [5.41, 5.74) is 1.32. The largest absolute Gasteiger partial charge is 0.492 e. The first-order valence-corrected chi connectivity index (χ1v) is 8.10. The highest BCUT2D eigenvalue weighted by molar-refractivity contribution is 6.30. The highest BCUT2D eigenvalue weighted by Crippen LogP contribution is 2.17. The summed E-state index contributed by atoms with van der Waals surface area (Å²) in [5.74, 6) is 0.882. The highest BCUT2D eigenvalue weighted by atomic mass is 35.5. The molecule has 0 aliphatic carbocycles. The number of ether oxygens (including phenoxy) is 1. The molecule has 22 heavy (non-hydrogen) atoms. The molecule has 0 amide bonds. The van der Waals surface area contributed by atoms with Crippen LogP contribution in [0.3, 0.4) is 0 Å². The molecule has 0 bridgehead atoms. The van der Waals surface area contributed by atoms with Gasteiger partial charge >= 0.3 is 0 Å². The molecule has 4 heteroatoms. The SMILES string of the molecule is Clc1ccc(OCCN2CCN(c3ccccc3)CC2)cc1. The Bertz CT molecular complexity index is 565. The van der Waals surface area contributed by atoms with Crippen molar-refractivity contribution < 1.29 is 4.74 Å². The lowest BCUT2D eigenvalue weighted by molar-refractivity contribution is 0.200. The predicted molar refractivity (Wildman–Crippen MR) is 92.0 cm³/mol. The molecule has 1 aliphatic heterocycles. The van der Waals surface area contributed by atoms with Crippen LogP contribution in [0, 0.1) is 0 Å². The van der Waals surface area contributed by atoms with E-state index in [0.29, 0.717) is 6.61 Å². The Hall–Kier alpha value is -1.71. The Morgan fingerprint density at radius 2 is 1.55 bits per heavy atom. The smallest absolute Gasteiger partial charge is 0.119 e. The fraction of sp³-hybridized carbons (Fsp3) is 0.333. The second-order valence-corrected chi connectivity index (χ2v) is 5.90. The molecule has 3 rings (SSSR count). The van der Waals surface area contributed by atoms with Gasteiger partial charge in [-0.15, -0.1) is 0 Å². The number of hydrogen-bond donors (Lipinski definition) is 0. The molecule has 2 aromatic carbocycles. The fourth-order valence-corrected chi connectivity index (χ4v) is 2.82. The number of para-hydroxylation sites is 1. The standard InChI is InChI=1S/C18H21ClN2O/c19-16-6-8-18(9-7-16)22-15-14-20-10-12-21(13-11-20)17-4-2-1-3-5-17/h1-9H,10-15H2. The summed E-state index contributed by atoms with van der Waals surface area (Å²) >= 11 is 5.86. The van der Waals surface area contributed by atoms with E-state index in [-0.39, 0.29) is 0 Å². The van der Waals surface area contributed by atoms with Crippen LogP contribution in [0.4, 0.5) is 5.69 Å². The van der Waals surface area contributed by atoms with E-state index < -0.39 is 0 Å². The summed E-state index contributed by atoms with van der Waals surface area (Å²) in [6, 6.07) is 18.2. The third kappa shape index (κ3) is 4.15. The molecule has 1 aliphatic rings. The lowest BCUT2D eigenvalue weighted by Gasteiger charge is -2.36. The molecule has 0 N–H and O–H groups in total. The highest BCUT2D eigenvalue weighted by Gasteiger charge is 2.16. The van der Waals surface area contributed by atoms with Gasteiger partial charge in [-0.25, -0.2) is 0 Å². The van der Waals surface area contributed by atoms with Crippen LogP contribution in [0.5, 0.6) is 5.75 Å². The second-order valence-electron chi connectivity index (χ2n) is 5.47. The number of hydrogen-bond acceptors (Lipinski definition) is 3.